The molecule has 0 aromatic heterocycles. The Kier molecular flexibility index (Phi) is 4.82. The highest BCUT2D eigenvalue weighted by Crippen LogP contribution is 2.38. The lowest BCUT2D eigenvalue weighted by atomic mass is 10.1. The molecule has 1 N–H and O–H groups in total. The van der Waals surface area contributed by atoms with E-state index in [1.165, 1.54) is 12.1 Å². The summed E-state index contributed by atoms with van der Waals surface area (Å²) < 4.78 is 0. The summed E-state index contributed by atoms with van der Waals surface area (Å²) in [6.07, 6.45) is -0.266. The SMILES string of the molecule is O=C(O)Cc1cccc([N+](=O)[O-])c1Sc1ccc(Cl)cc1. The largest absolute Gasteiger partial charge is 0.481 e. The van der Waals surface area contributed by atoms with Crippen molar-refractivity contribution in [3.63, 3.8) is 0 Å². The third-order valence-corrected chi connectivity index (χ3v) is 4.08. The molecule has 0 aliphatic heterocycles. The monoisotopic (exact) mass is 323 g/mol. The van der Waals surface area contributed by atoms with E-state index < -0.39 is 10.9 Å². The lowest BCUT2D eigenvalue weighted by Gasteiger charge is -2.08. The van der Waals surface area contributed by atoms with Crippen molar-refractivity contribution >= 4 is 35.0 Å². The summed E-state index contributed by atoms with van der Waals surface area (Å²) in [5.41, 5.74) is 0.311. The van der Waals surface area contributed by atoms with E-state index in [1.807, 2.05) is 0 Å². The smallest absolute Gasteiger partial charge is 0.307 e. The number of nitro groups is 1. The fourth-order valence-electron chi connectivity index (χ4n) is 1.76. The third-order valence-electron chi connectivity index (χ3n) is 2.65. The Bertz CT molecular complexity index is 688. The summed E-state index contributed by atoms with van der Waals surface area (Å²) in [6.45, 7) is 0. The quantitative estimate of drug-likeness (QED) is 0.663. The average Bonchev–Trinajstić information content (AvgIpc) is 2.42. The van der Waals surface area contributed by atoms with Crippen LogP contribution in [0.3, 0.4) is 0 Å². The second-order valence-electron chi connectivity index (χ2n) is 4.15. The van der Waals surface area contributed by atoms with Gasteiger partial charge in [0.2, 0.25) is 0 Å². The van der Waals surface area contributed by atoms with Gasteiger partial charge < -0.3 is 5.11 Å². The predicted octanol–water partition coefficient (Wildman–Crippen LogP) is 4.03. The second-order valence-corrected chi connectivity index (χ2v) is 5.67. The Morgan fingerprint density at radius 3 is 2.48 bits per heavy atom. The first kappa shape index (κ1) is 15.3. The maximum atomic E-state index is 11.1. The summed E-state index contributed by atoms with van der Waals surface area (Å²) in [5.74, 6) is -1.03. The standard InChI is InChI=1S/C14H10ClNO4S/c15-10-4-6-11(7-5-10)21-14-9(8-13(17)18)2-1-3-12(14)16(19)20/h1-7H,8H2,(H,17,18). The predicted molar refractivity (Wildman–Crippen MR) is 80.0 cm³/mol. The molecule has 2 aromatic rings. The molecular formula is C14H10ClNO4S. The van der Waals surface area contributed by atoms with E-state index in [1.54, 1.807) is 30.3 Å². The van der Waals surface area contributed by atoms with Crippen molar-refractivity contribution in [3.05, 3.63) is 63.2 Å². The highest BCUT2D eigenvalue weighted by molar-refractivity contribution is 7.99. The van der Waals surface area contributed by atoms with E-state index in [9.17, 15) is 14.9 Å². The minimum atomic E-state index is -1.03. The van der Waals surface area contributed by atoms with Crippen LogP contribution in [0.1, 0.15) is 5.56 Å². The van der Waals surface area contributed by atoms with Gasteiger partial charge in [-0.1, -0.05) is 35.5 Å². The highest BCUT2D eigenvalue weighted by Gasteiger charge is 2.20. The molecule has 0 saturated heterocycles. The van der Waals surface area contributed by atoms with Crippen molar-refractivity contribution < 1.29 is 14.8 Å². The summed E-state index contributed by atoms with van der Waals surface area (Å²) in [6, 6.07) is 11.2. The lowest BCUT2D eigenvalue weighted by molar-refractivity contribution is -0.387. The topological polar surface area (TPSA) is 80.4 Å². The van der Waals surface area contributed by atoms with E-state index in [-0.39, 0.29) is 12.1 Å². The molecule has 21 heavy (non-hydrogen) atoms. The van der Waals surface area contributed by atoms with Gasteiger partial charge in [-0.25, -0.2) is 0 Å². The van der Waals surface area contributed by atoms with Crippen LogP contribution < -0.4 is 0 Å². The molecule has 108 valence electrons. The summed E-state index contributed by atoms with van der Waals surface area (Å²) in [5, 5.41) is 20.6. The van der Waals surface area contributed by atoms with Crippen molar-refractivity contribution in [2.75, 3.05) is 0 Å². The van der Waals surface area contributed by atoms with Gasteiger partial charge >= 0.3 is 5.97 Å². The van der Waals surface area contributed by atoms with Gasteiger partial charge in [-0.15, -0.1) is 0 Å². The van der Waals surface area contributed by atoms with E-state index in [4.69, 9.17) is 16.7 Å². The lowest BCUT2D eigenvalue weighted by Crippen LogP contribution is -2.03. The van der Waals surface area contributed by atoms with Gasteiger partial charge in [0.1, 0.15) is 0 Å². The number of aliphatic carboxylic acids is 1. The van der Waals surface area contributed by atoms with Gasteiger partial charge in [-0.2, -0.15) is 0 Å². The van der Waals surface area contributed by atoms with Gasteiger partial charge in [0.25, 0.3) is 5.69 Å². The van der Waals surface area contributed by atoms with Crippen molar-refractivity contribution in [3.8, 4) is 0 Å². The van der Waals surface area contributed by atoms with Gasteiger partial charge in [0.05, 0.1) is 16.2 Å². The van der Waals surface area contributed by atoms with Gasteiger partial charge in [-0.05, 0) is 29.8 Å². The van der Waals surface area contributed by atoms with Crippen LogP contribution in [0.4, 0.5) is 5.69 Å². The molecule has 0 atom stereocenters. The molecule has 0 spiro atoms. The second kappa shape index (κ2) is 6.60. The minimum absolute atomic E-state index is 0.103. The molecule has 0 aliphatic rings. The molecule has 0 unspecified atom stereocenters. The van der Waals surface area contributed by atoms with Crippen LogP contribution in [0.5, 0.6) is 0 Å². The Hall–Kier alpha value is -2.05. The molecule has 2 aromatic carbocycles. The molecule has 0 radical (unpaired) electrons. The molecule has 0 amide bonds. The van der Waals surface area contributed by atoms with Gasteiger partial charge in [0, 0.05) is 16.0 Å². The van der Waals surface area contributed by atoms with Crippen LogP contribution in [-0.2, 0) is 11.2 Å². The van der Waals surface area contributed by atoms with Crippen LogP contribution in [0.25, 0.3) is 0 Å². The number of rotatable bonds is 5. The first-order valence-electron chi connectivity index (χ1n) is 5.89. The summed E-state index contributed by atoms with van der Waals surface area (Å²) in [4.78, 5) is 22.6. The van der Waals surface area contributed by atoms with E-state index in [0.717, 1.165) is 16.7 Å². The molecule has 7 heteroatoms. The number of carbonyl (C=O) groups is 1. The van der Waals surface area contributed by atoms with Crippen molar-refractivity contribution in [2.45, 2.75) is 16.2 Å². The fourth-order valence-corrected chi connectivity index (χ4v) is 2.91. The van der Waals surface area contributed by atoms with E-state index in [0.29, 0.717) is 15.5 Å². The molecular weight excluding hydrogens is 314 g/mol. The molecule has 0 fully saturated rings. The van der Waals surface area contributed by atoms with Gasteiger partial charge in [-0.3, -0.25) is 14.9 Å². The average molecular weight is 324 g/mol. The highest BCUT2D eigenvalue weighted by atomic mass is 35.5. The number of nitrogens with zero attached hydrogens (tertiary/aromatic N) is 1. The first-order valence-corrected chi connectivity index (χ1v) is 7.08. The van der Waals surface area contributed by atoms with Crippen molar-refractivity contribution in [2.24, 2.45) is 0 Å². The Morgan fingerprint density at radius 2 is 1.90 bits per heavy atom. The minimum Gasteiger partial charge on any atom is -0.481 e. The number of hydrogen-bond donors (Lipinski definition) is 1. The van der Waals surface area contributed by atoms with Crippen LogP contribution in [0.2, 0.25) is 5.02 Å². The number of hydrogen-bond acceptors (Lipinski definition) is 4. The fraction of sp³-hybridized carbons (Fsp3) is 0.0714. The van der Waals surface area contributed by atoms with Crippen LogP contribution in [0, 0.1) is 10.1 Å². The third kappa shape index (κ3) is 3.96. The maximum absolute atomic E-state index is 11.1. The number of carboxylic acids is 1. The number of halogens is 1. The maximum Gasteiger partial charge on any atom is 0.307 e. The van der Waals surface area contributed by atoms with Crippen molar-refractivity contribution in [1.29, 1.82) is 0 Å². The van der Waals surface area contributed by atoms with Crippen LogP contribution >= 0.6 is 23.4 Å². The number of nitro benzene ring substituents is 1. The first-order chi connectivity index (χ1) is 9.97. The number of benzene rings is 2. The van der Waals surface area contributed by atoms with Crippen molar-refractivity contribution in [1.82, 2.24) is 0 Å². The molecule has 0 saturated carbocycles. The summed E-state index contributed by atoms with van der Waals surface area (Å²) >= 11 is 6.96. The van der Waals surface area contributed by atoms with Crippen LogP contribution in [-0.4, -0.2) is 16.0 Å². The molecule has 5 nitrogen and oxygen atoms in total. The van der Waals surface area contributed by atoms with Gasteiger partial charge in [0.15, 0.2) is 0 Å². The normalized spacial score (nSPS) is 10.3. The van der Waals surface area contributed by atoms with E-state index in [2.05, 4.69) is 0 Å². The zero-order valence-electron chi connectivity index (χ0n) is 10.7. The van der Waals surface area contributed by atoms with Crippen LogP contribution in [0.15, 0.2) is 52.3 Å². The Balaban J connectivity index is 2.45. The number of carboxylic acid groups (broad SMARTS) is 1. The molecule has 0 aliphatic carbocycles. The summed E-state index contributed by atoms with van der Waals surface area (Å²) in [7, 11) is 0. The zero-order chi connectivity index (χ0) is 15.4. The molecule has 2 rings (SSSR count). The molecule has 0 bridgehead atoms. The van der Waals surface area contributed by atoms with E-state index >= 15 is 0 Å². The molecule has 0 heterocycles. The Morgan fingerprint density at radius 1 is 1.24 bits per heavy atom. The Labute approximate surface area is 129 Å². The zero-order valence-corrected chi connectivity index (χ0v) is 12.2.